The summed E-state index contributed by atoms with van der Waals surface area (Å²) >= 11 is 0. The van der Waals surface area contributed by atoms with Crippen molar-refractivity contribution in [2.24, 2.45) is 0 Å². The van der Waals surface area contributed by atoms with Crippen LogP contribution in [0.4, 0.5) is 0 Å². The second kappa shape index (κ2) is 7.56. The fraction of sp³-hybridized carbons (Fsp3) is 0.571. The highest BCUT2D eigenvalue weighted by atomic mass is 16.2. The van der Waals surface area contributed by atoms with E-state index in [9.17, 15) is 14.4 Å². The molecule has 1 aliphatic rings. The lowest BCUT2D eigenvalue weighted by atomic mass is 10.2. The third-order valence-corrected chi connectivity index (χ3v) is 3.47. The zero-order valence-electron chi connectivity index (χ0n) is 11.9. The van der Waals surface area contributed by atoms with Crippen LogP contribution in [0.3, 0.4) is 0 Å². The van der Waals surface area contributed by atoms with Crippen LogP contribution < -0.4 is 10.9 Å². The van der Waals surface area contributed by atoms with Crippen LogP contribution in [0.5, 0.6) is 0 Å². The van der Waals surface area contributed by atoms with E-state index in [0.29, 0.717) is 25.9 Å². The Bertz CT molecular complexity index is 535. The lowest BCUT2D eigenvalue weighted by molar-refractivity contribution is -0.130. The van der Waals surface area contributed by atoms with E-state index in [1.54, 1.807) is 0 Å². The Hall–Kier alpha value is -2.18. The van der Waals surface area contributed by atoms with Gasteiger partial charge in [0.25, 0.3) is 11.5 Å². The molecule has 1 aliphatic heterocycles. The van der Waals surface area contributed by atoms with Gasteiger partial charge in [-0.25, -0.2) is 5.10 Å². The number of nitrogens with zero attached hydrogens (tertiary/aromatic N) is 2. The zero-order valence-corrected chi connectivity index (χ0v) is 11.9. The van der Waals surface area contributed by atoms with Gasteiger partial charge in [0.2, 0.25) is 5.91 Å². The van der Waals surface area contributed by atoms with Crippen molar-refractivity contribution in [3.63, 3.8) is 0 Å². The van der Waals surface area contributed by atoms with Crippen molar-refractivity contribution in [1.29, 1.82) is 0 Å². The number of carbonyl (C=O) groups is 2. The maximum Gasteiger partial charge on any atom is 0.271 e. The maximum absolute atomic E-state index is 11.8. The molecule has 0 radical (unpaired) electrons. The van der Waals surface area contributed by atoms with Gasteiger partial charge < -0.3 is 10.2 Å². The van der Waals surface area contributed by atoms with Gasteiger partial charge in [-0.2, -0.15) is 5.10 Å². The van der Waals surface area contributed by atoms with Crippen LogP contribution in [0.25, 0.3) is 0 Å². The number of aromatic nitrogens is 2. The van der Waals surface area contributed by atoms with Gasteiger partial charge in [0, 0.05) is 32.1 Å². The monoisotopic (exact) mass is 292 g/mol. The summed E-state index contributed by atoms with van der Waals surface area (Å²) in [5.74, 6) is -0.116. The Kier molecular flexibility index (Phi) is 5.48. The first-order chi connectivity index (χ1) is 10.2. The van der Waals surface area contributed by atoms with Gasteiger partial charge in [-0.1, -0.05) is 6.42 Å². The zero-order chi connectivity index (χ0) is 15.1. The predicted molar refractivity (Wildman–Crippen MR) is 76.9 cm³/mol. The Morgan fingerprint density at radius 1 is 1.29 bits per heavy atom. The number of H-pyrrole nitrogens is 1. The lowest BCUT2D eigenvalue weighted by Crippen LogP contribution is -2.34. The number of carbonyl (C=O) groups excluding carboxylic acids is 2. The number of hydrogen-bond donors (Lipinski definition) is 2. The van der Waals surface area contributed by atoms with E-state index >= 15 is 0 Å². The van der Waals surface area contributed by atoms with Crippen LogP contribution in [0, 0.1) is 0 Å². The SMILES string of the molecule is O=C(NCCCN1CCCCCC1=O)c1ccc(=O)[nH]n1. The number of aromatic amines is 1. The van der Waals surface area contributed by atoms with Gasteiger partial charge >= 0.3 is 0 Å². The van der Waals surface area contributed by atoms with Crippen LogP contribution in [-0.4, -0.2) is 46.5 Å². The lowest BCUT2D eigenvalue weighted by Gasteiger charge is -2.20. The average Bonchev–Trinajstić information content (AvgIpc) is 2.69. The quantitative estimate of drug-likeness (QED) is 0.763. The highest BCUT2D eigenvalue weighted by Crippen LogP contribution is 2.11. The smallest absolute Gasteiger partial charge is 0.271 e. The Balaban J connectivity index is 1.71. The molecule has 1 fully saturated rings. The molecule has 114 valence electrons. The minimum absolute atomic E-state index is 0.181. The number of rotatable bonds is 5. The normalized spacial score (nSPS) is 15.6. The highest BCUT2D eigenvalue weighted by Gasteiger charge is 2.15. The fourth-order valence-corrected chi connectivity index (χ4v) is 2.31. The average molecular weight is 292 g/mol. The number of likely N-dealkylation sites (tertiary alicyclic amines) is 1. The van der Waals surface area contributed by atoms with E-state index < -0.39 is 0 Å². The minimum Gasteiger partial charge on any atom is -0.351 e. The van der Waals surface area contributed by atoms with E-state index in [4.69, 9.17) is 0 Å². The molecule has 1 aromatic heterocycles. The summed E-state index contributed by atoms with van der Waals surface area (Å²) in [4.78, 5) is 36.3. The van der Waals surface area contributed by atoms with Crippen LogP contribution >= 0.6 is 0 Å². The minimum atomic E-state index is -0.341. The molecule has 0 aliphatic carbocycles. The molecule has 1 saturated heterocycles. The second-order valence-corrected chi connectivity index (χ2v) is 5.11. The van der Waals surface area contributed by atoms with Crippen molar-refractivity contribution in [3.8, 4) is 0 Å². The topological polar surface area (TPSA) is 95.2 Å². The van der Waals surface area contributed by atoms with Gasteiger partial charge in [0.15, 0.2) is 0 Å². The second-order valence-electron chi connectivity index (χ2n) is 5.11. The van der Waals surface area contributed by atoms with E-state index in [-0.39, 0.29) is 23.1 Å². The van der Waals surface area contributed by atoms with Gasteiger partial charge in [0.1, 0.15) is 5.69 Å². The molecule has 2 N–H and O–H groups in total. The first kappa shape index (κ1) is 15.2. The molecule has 1 aromatic rings. The standard InChI is InChI=1S/C14H20N4O3/c19-12-7-6-11(16-17-12)14(21)15-8-4-10-18-9-3-1-2-5-13(18)20/h6-7H,1-5,8-10H2,(H,15,21)(H,17,19). The first-order valence-corrected chi connectivity index (χ1v) is 7.28. The van der Waals surface area contributed by atoms with Crippen LogP contribution in [-0.2, 0) is 4.79 Å². The molecule has 0 aromatic carbocycles. The molecule has 0 unspecified atom stereocenters. The van der Waals surface area contributed by atoms with Crippen molar-refractivity contribution in [1.82, 2.24) is 20.4 Å². The van der Waals surface area contributed by atoms with E-state index in [2.05, 4.69) is 15.5 Å². The van der Waals surface area contributed by atoms with Crippen molar-refractivity contribution >= 4 is 11.8 Å². The molecule has 7 nitrogen and oxygen atoms in total. The first-order valence-electron chi connectivity index (χ1n) is 7.28. The Labute approximate surface area is 122 Å². The predicted octanol–water partition coefficient (Wildman–Crippen LogP) is 0.292. The summed E-state index contributed by atoms with van der Waals surface area (Å²) in [5, 5.41) is 8.60. The van der Waals surface area contributed by atoms with E-state index in [0.717, 1.165) is 25.8 Å². The fourth-order valence-electron chi connectivity index (χ4n) is 2.31. The third-order valence-electron chi connectivity index (χ3n) is 3.47. The molecular weight excluding hydrogens is 272 g/mol. The van der Waals surface area contributed by atoms with E-state index in [1.807, 2.05) is 4.90 Å². The van der Waals surface area contributed by atoms with Crippen molar-refractivity contribution in [2.75, 3.05) is 19.6 Å². The Morgan fingerprint density at radius 2 is 2.14 bits per heavy atom. The molecule has 0 bridgehead atoms. The molecule has 0 atom stereocenters. The summed E-state index contributed by atoms with van der Waals surface area (Å²) in [6, 6.07) is 2.64. The van der Waals surface area contributed by atoms with Crippen LogP contribution in [0.15, 0.2) is 16.9 Å². The maximum atomic E-state index is 11.8. The summed E-state index contributed by atoms with van der Waals surface area (Å²) in [6.45, 7) is 1.95. The van der Waals surface area contributed by atoms with E-state index in [1.165, 1.54) is 12.1 Å². The van der Waals surface area contributed by atoms with Crippen LogP contribution in [0.2, 0.25) is 0 Å². The number of nitrogens with one attached hydrogen (secondary N) is 2. The van der Waals surface area contributed by atoms with Crippen molar-refractivity contribution in [2.45, 2.75) is 32.1 Å². The van der Waals surface area contributed by atoms with Gasteiger partial charge in [-0.15, -0.1) is 0 Å². The molecule has 2 rings (SSSR count). The number of amides is 2. The molecule has 0 saturated carbocycles. The molecule has 21 heavy (non-hydrogen) atoms. The van der Waals surface area contributed by atoms with Crippen molar-refractivity contribution in [3.05, 3.63) is 28.2 Å². The van der Waals surface area contributed by atoms with Gasteiger partial charge in [-0.3, -0.25) is 14.4 Å². The van der Waals surface area contributed by atoms with Gasteiger partial charge in [-0.05, 0) is 25.3 Å². The molecule has 0 spiro atoms. The highest BCUT2D eigenvalue weighted by molar-refractivity contribution is 5.91. The third kappa shape index (κ3) is 4.70. The summed E-state index contributed by atoms with van der Waals surface area (Å²) in [7, 11) is 0. The van der Waals surface area contributed by atoms with Gasteiger partial charge in [0.05, 0.1) is 0 Å². The van der Waals surface area contributed by atoms with Crippen LogP contribution in [0.1, 0.15) is 42.6 Å². The summed E-state index contributed by atoms with van der Waals surface area (Å²) in [5.41, 5.74) is -0.160. The Morgan fingerprint density at radius 3 is 2.90 bits per heavy atom. The molecular formula is C14H20N4O3. The molecule has 7 heteroatoms. The largest absolute Gasteiger partial charge is 0.351 e. The summed E-state index contributed by atoms with van der Waals surface area (Å²) in [6.07, 6.45) is 4.48. The molecule has 2 amide bonds. The van der Waals surface area contributed by atoms with Crippen molar-refractivity contribution < 1.29 is 9.59 Å². The molecule has 2 heterocycles. The number of hydrogen-bond acceptors (Lipinski definition) is 4. The summed E-state index contributed by atoms with van der Waals surface area (Å²) < 4.78 is 0.